The van der Waals surface area contributed by atoms with Crippen LogP contribution >= 0.6 is 11.3 Å². The Labute approximate surface area is 101 Å². The maximum atomic E-state index is 5.65. The van der Waals surface area contributed by atoms with Gasteiger partial charge in [-0.25, -0.2) is 4.98 Å². The fourth-order valence-corrected chi connectivity index (χ4v) is 3.00. The summed E-state index contributed by atoms with van der Waals surface area (Å²) in [6, 6.07) is 0. The summed E-state index contributed by atoms with van der Waals surface area (Å²) in [5, 5.41) is 3.42. The number of nitrogens with two attached hydrogens (primary N) is 1. The Morgan fingerprint density at radius 2 is 2.31 bits per heavy atom. The second-order valence-corrected chi connectivity index (χ2v) is 5.51. The van der Waals surface area contributed by atoms with E-state index < -0.39 is 0 Å². The van der Waals surface area contributed by atoms with Crippen molar-refractivity contribution in [1.82, 2.24) is 4.98 Å². The zero-order chi connectivity index (χ0) is 11.4. The first kappa shape index (κ1) is 12.0. The number of nitrogens with zero attached hydrogens (tertiary/aromatic N) is 1. The highest BCUT2D eigenvalue weighted by molar-refractivity contribution is 7.09. The molecule has 2 heterocycles. The summed E-state index contributed by atoms with van der Waals surface area (Å²) < 4.78 is 5.36. The standard InChI is InChI=1S/C12H20N2OS/c1-9(7-13)11-8-16-12(14-11)6-10-2-4-15-5-3-10/h8-10H,2-7,13H2,1H3. The zero-order valence-corrected chi connectivity index (χ0v) is 10.6. The summed E-state index contributed by atoms with van der Waals surface area (Å²) in [5.41, 5.74) is 6.81. The van der Waals surface area contributed by atoms with Gasteiger partial charge in [-0.2, -0.15) is 0 Å². The van der Waals surface area contributed by atoms with Gasteiger partial charge >= 0.3 is 0 Å². The Balaban J connectivity index is 1.91. The molecule has 1 atom stereocenters. The first-order chi connectivity index (χ1) is 7.79. The summed E-state index contributed by atoms with van der Waals surface area (Å²) in [7, 11) is 0. The Hall–Kier alpha value is -0.450. The molecule has 0 bridgehead atoms. The number of ether oxygens (including phenoxy) is 1. The summed E-state index contributed by atoms with van der Waals surface area (Å²) in [4.78, 5) is 4.67. The topological polar surface area (TPSA) is 48.1 Å². The molecule has 4 heteroatoms. The lowest BCUT2D eigenvalue weighted by Gasteiger charge is -2.20. The zero-order valence-electron chi connectivity index (χ0n) is 9.82. The van der Waals surface area contributed by atoms with E-state index in [4.69, 9.17) is 10.5 Å². The van der Waals surface area contributed by atoms with E-state index in [1.54, 1.807) is 11.3 Å². The minimum absolute atomic E-state index is 0.389. The minimum Gasteiger partial charge on any atom is -0.381 e. The second-order valence-electron chi connectivity index (χ2n) is 4.56. The highest BCUT2D eigenvalue weighted by atomic mass is 32.1. The molecule has 1 aromatic rings. The van der Waals surface area contributed by atoms with Crippen molar-refractivity contribution < 1.29 is 4.74 Å². The molecule has 1 aromatic heterocycles. The molecule has 1 fully saturated rings. The Morgan fingerprint density at radius 1 is 1.56 bits per heavy atom. The van der Waals surface area contributed by atoms with Crippen LogP contribution < -0.4 is 5.73 Å². The average molecular weight is 240 g/mol. The van der Waals surface area contributed by atoms with Gasteiger partial charge in [-0.1, -0.05) is 6.92 Å². The SMILES string of the molecule is CC(CN)c1csc(CC2CCOCC2)n1. The van der Waals surface area contributed by atoms with Gasteiger partial charge in [-0.15, -0.1) is 11.3 Å². The molecule has 2 N–H and O–H groups in total. The van der Waals surface area contributed by atoms with E-state index in [0.29, 0.717) is 12.5 Å². The van der Waals surface area contributed by atoms with Gasteiger partial charge in [-0.05, 0) is 18.8 Å². The second kappa shape index (κ2) is 5.75. The molecule has 1 saturated heterocycles. The van der Waals surface area contributed by atoms with Crippen molar-refractivity contribution in [1.29, 1.82) is 0 Å². The van der Waals surface area contributed by atoms with Crippen LogP contribution in [0.15, 0.2) is 5.38 Å². The number of thiazole rings is 1. The monoisotopic (exact) mass is 240 g/mol. The van der Waals surface area contributed by atoms with E-state index in [-0.39, 0.29) is 0 Å². The first-order valence-corrected chi connectivity index (χ1v) is 6.89. The van der Waals surface area contributed by atoms with Crippen LogP contribution in [0.3, 0.4) is 0 Å². The van der Waals surface area contributed by atoms with Gasteiger partial charge in [0.15, 0.2) is 0 Å². The highest BCUT2D eigenvalue weighted by Gasteiger charge is 2.16. The van der Waals surface area contributed by atoms with Crippen LogP contribution in [0.25, 0.3) is 0 Å². The largest absolute Gasteiger partial charge is 0.381 e. The van der Waals surface area contributed by atoms with Crippen LogP contribution in [0.1, 0.15) is 36.4 Å². The van der Waals surface area contributed by atoms with Gasteiger partial charge in [0.05, 0.1) is 10.7 Å². The summed E-state index contributed by atoms with van der Waals surface area (Å²) in [6.45, 7) is 4.65. The van der Waals surface area contributed by atoms with Crippen molar-refractivity contribution >= 4 is 11.3 Å². The van der Waals surface area contributed by atoms with Gasteiger partial charge in [0.1, 0.15) is 0 Å². The maximum Gasteiger partial charge on any atom is 0.0931 e. The van der Waals surface area contributed by atoms with E-state index >= 15 is 0 Å². The molecule has 3 nitrogen and oxygen atoms in total. The van der Waals surface area contributed by atoms with Crippen LogP contribution in [-0.4, -0.2) is 24.7 Å². The van der Waals surface area contributed by atoms with E-state index in [2.05, 4.69) is 17.3 Å². The molecule has 0 spiro atoms. The van der Waals surface area contributed by atoms with Gasteiger partial charge in [0, 0.05) is 37.5 Å². The van der Waals surface area contributed by atoms with Crippen LogP contribution in [0.2, 0.25) is 0 Å². The quantitative estimate of drug-likeness (QED) is 0.877. The van der Waals surface area contributed by atoms with Gasteiger partial charge in [0.25, 0.3) is 0 Å². The fourth-order valence-electron chi connectivity index (χ4n) is 1.96. The molecule has 1 aliphatic heterocycles. The number of rotatable bonds is 4. The van der Waals surface area contributed by atoms with Gasteiger partial charge < -0.3 is 10.5 Å². The molecule has 0 aromatic carbocycles. The van der Waals surface area contributed by atoms with Crippen LogP contribution in [0.5, 0.6) is 0 Å². The molecular formula is C12H20N2OS. The molecule has 0 radical (unpaired) electrons. The van der Waals surface area contributed by atoms with E-state index in [9.17, 15) is 0 Å². The van der Waals surface area contributed by atoms with Gasteiger partial charge in [-0.3, -0.25) is 0 Å². The Bertz CT molecular complexity index is 321. The predicted molar refractivity (Wildman–Crippen MR) is 66.8 cm³/mol. The lowest BCUT2D eigenvalue weighted by Crippen LogP contribution is -2.17. The number of hydrogen-bond donors (Lipinski definition) is 1. The maximum absolute atomic E-state index is 5.65. The molecule has 1 aliphatic rings. The van der Waals surface area contributed by atoms with E-state index in [1.807, 2.05) is 0 Å². The average Bonchev–Trinajstić information content (AvgIpc) is 2.78. The molecule has 2 rings (SSSR count). The van der Waals surface area contributed by atoms with Gasteiger partial charge in [0.2, 0.25) is 0 Å². The van der Waals surface area contributed by atoms with Crippen molar-refractivity contribution in [2.75, 3.05) is 19.8 Å². The smallest absolute Gasteiger partial charge is 0.0931 e. The van der Waals surface area contributed by atoms with Crippen LogP contribution in [0, 0.1) is 5.92 Å². The predicted octanol–water partition coefficient (Wildman–Crippen LogP) is 2.17. The van der Waals surface area contributed by atoms with E-state index in [0.717, 1.165) is 31.2 Å². The molecule has 0 aliphatic carbocycles. The summed E-state index contributed by atoms with van der Waals surface area (Å²) in [5.74, 6) is 1.15. The number of hydrogen-bond acceptors (Lipinski definition) is 4. The van der Waals surface area contributed by atoms with Crippen molar-refractivity contribution in [2.24, 2.45) is 11.7 Å². The molecule has 90 valence electrons. The van der Waals surface area contributed by atoms with Crippen molar-refractivity contribution in [3.8, 4) is 0 Å². The minimum atomic E-state index is 0.389. The third-order valence-electron chi connectivity index (χ3n) is 3.23. The molecular weight excluding hydrogens is 220 g/mol. The van der Waals surface area contributed by atoms with Crippen LogP contribution in [0.4, 0.5) is 0 Å². The van der Waals surface area contributed by atoms with Crippen molar-refractivity contribution in [2.45, 2.75) is 32.1 Å². The summed E-state index contributed by atoms with van der Waals surface area (Å²) in [6.07, 6.45) is 3.48. The molecule has 0 saturated carbocycles. The third kappa shape index (κ3) is 3.03. The highest BCUT2D eigenvalue weighted by Crippen LogP contribution is 2.24. The lowest BCUT2D eigenvalue weighted by molar-refractivity contribution is 0.0665. The first-order valence-electron chi connectivity index (χ1n) is 6.01. The van der Waals surface area contributed by atoms with Crippen LogP contribution in [-0.2, 0) is 11.2 Å². The molecule has 16 heavy (non-hydrogen) atoms. The fraction of sp³-hybridized carbons (Fsp3) is 0.750. The van der Waals surface area contributed by atoms with Crippen molar-refractivity contribution in [3.63, 3.8) is 0 Å². The molecule has 0 amide bonds. The van der Waals surface area contributed by atoms with Crippen molar-refractivity contribution in [3.05, 3.63) is 16.1 Å². The Kier molecular flexibility index (Phi) is 4.32. The third-order valence-corrected chi connectivity index (χ3v) is 4.12. The Morgan fingerprint density at radius 3 is 3.00 bits per heavy atom. The molecule has 1 unspecified atom stereocenters. The number of aromatic nitrogens is 1. The normalized spacial score (nSPS) is 19.9. The lowest BCUT2D eigenvalue weighted by atomic mass is 9.97. The van der Waals surface area contributed by atoms with E-state index in [1.165, 1.54) is 17.8 Å². The summed E-state index contributed by atoms with van der Waals surface area (Å²) >= 11 is 1.78.